The maximum atomic E-state index is 13.1. The number of carbonyl (C=O) groups excluding carboxylic acids is 1. The minimum atomic E-state index is -2.95. The average molecular weight is 427 g/mol. The Morgan fingerprint density at radius 2 is 2.03 bits per heavy atom. The first kappa shape index (κ1) is 20.5. The molecule has 3 aromatic heterocycles. The predicted molar refractivity (Wildman–Crippen MR) is 109 cm³/mol. The van der Waals surface area contributed by atoms with Gasteiger partial charge in [-0.1, -0.05) is 17.3 Å². The van der Waals surface area contributed by atoms with Crippen LogP contribution in [0.5, 0.6) is 5.75 Å². The Morgan fingerprint density at radius 3 is 2.74 bits per heavy atom. The van der Waals surface area contributed by atoms with E-state index in [-0.39, 0.29) is 23.1 Å². The van der Waals surface area contributed by atoms with Crippen molar-refractivity contribution in [2.45, 2.75) is 33.4 Å². The highest BCUT2D eigenvalue weighted by atomic mass is 19.3. The van der Waals surface area contributed by atoms with Gasteiger partial charge in [0.2, 0.25) is 0 Å². The second kappa shape index (κ2) is 8.13. The molecule has 0 fully saturated rings. The number of rotatable bonds is 6. The van der Waals surface area contributed by atoms with Crippen molar-refractivity contribution in [3.05, 3.63) is 53.9 Å². The Labute approximate surface area is 175 Å². The Hall–Kier alpha value is -3.82. The van der Waals surface area contributed by atoms with Crippen molar-refractivity contribution < 1.29 is 22.8 Å². The molecule has 1 aromatic carbocycles. The molecule has 0 spiro atoms. The molecule has 0 atom stereocenters. The third-order valence-corrected chi connectivity index (χ3v) is 4.60. The van der Waals surface area contributed by atoms with Gasteiger partial charge in [0.1, 0.15) is 5.75 Å². The van der Waals surface area contributed by atoms with Gasteiger partial charge in [0.05, 0.1) is 22.3 Å². The smallest absolute Gasteiger partial charge is 0.387 e. The van der Waals surface area contributed by atoms with E-state index in [1.807, 2.05) is 13.8 Å². The summed E-state index contributed by atoms with van der Waals surface area (Å²) in [5.41, 5.74) is 1.77. The highest BCUT2D eigenvalue weighted by Crippen LogP contribution is 2.29. The van der Waals surface area contributed by atoms with Crippen LogP contribution >= 0.6 is 0 Å². The van der Waals surface area contributed by atoms with Gasteiger partial charge in [0.25, 0.3) is 11.6 Å². The van der Waals surface area contributed by atoms with Gasteiger partial charge < -0.3 is 14.6 Å². The lowest BCUT2D eigenvalue weighted by Gasteiger charge is -2.09. The van der Waals surface area contributed by atoms with Gasteiger partial charge in [-0.15, -0.1) is 0 Å². The molecule has 0 aliphatic rings. The molecule has 0 unspecified atom stereocenters. The van der Waals surface area contributed by atoms with Gasteiger partial charge in [-0.25, -0.2) is 4.98 Å². The van der Waals surface area contributed by atoms with Crippen LogP contribution in [0.15, 0.2) is 47.1 Å². The zero-order valence-electron chi connectivity index (χ0n) is 17.0. The SMILES string of the molecule is Cc1noc2nc(-c3cccc(OC(F)F)c3)cc(C(=O)Nc3ccn(C(C)C)n3)c12. The number of nitrogens with zero attached hydrogens (tertiary/aromatic N) is 4. The summed E-state index contributed by atoms with van der Waals surface area (Å²) in [6.45, 7) is 2.71. The highest BCUT2D eigenvalue weighted by molar-refractivity contribution is 6.12. The molecule has 10 heteroatoms. The second-order valence-electron chi connectivity index (χ2n) is 7.14. The number of alkyl halides is 2. The molecule has 4 rings (SSSR count). The number of amides is 1. The molecular formula is C21H19F2N5O3. The second-order valence-corrected chi connectivity index (χ2v) is 7.14. The number of halogens is 2. The topological polar surface area (TPSA) is 95.1 Å². The van der Waals surface area contributed by atoms with E-state index in [1.165, 1.54) is 12.1 Å². The minimum Gasteiger partial charge on any atom is -0.435 e. The standard InChI is InChI=1S/C21H19F2N5O3/c1-11(2)28-8-7-17(26-28)25-19(29)15-10-16(24-20-18(15)12(3)27-31-20)13-5-4-6-14(9-13)30-21(22)23/h4-11,21H,1-3H3,(H,25,26,29). The number of fused-ring (bicyclic) bond motifs is 1. The molecule has 0 saturated heterocycles. The molecule has 31 heavy (non-hydrogen) atoms. The van der Waals surface area contributed by atoms with E-state index in [0.29, 0.717) is 28.2 Å². The number of aromatic nitrogens is 4. The minimum absolute atomic E-state index is 0.0200. The van der Waals surface area contributed by atoms with Gasteiger partial charge in [-0.2, -0.15) is 13.9 Å². The van der Waals surface area contributed by atoms with Crippen LogP contribution in [0.2, 0.25) is 0 Å². The number of pyridine rings is 1. The van der Waals surface area contributed by atoms with Gasteiger partial charge >= 0.3 is 6.61 Å². The molecular weight excluding hydrogens is 408 g/mol. The number of ether oxygens (including phenoxy) is 1. The van der Waals surface area contributed by atoms with Gasteiger partial charge in [-0.3, -0.25) is 9.48 Å². The van der Waals surface area contributed by atoms with Crippen molar-refractivity contribution >= 4 is 22.8 Å². The summed E-state index contributed by atoms with van der Waals surface area (Å²) in [6, 6.07) is 9.45. The van der Waals surface area contributed by atoms with Crippen LogP contribution in [0.1, 0.15) is 35.9 Å². The maximum absolute atomic E-state index is 13.1. The van der Waals surface area contributed by atoms with Crippen LogP contribution in [-0.2, 0) is 0 Å². The van der Waals surface area contributed by atoms with E-state index < -0.39 is 12.5 Å². The molecule has 0 bridgehead atoms. The zero-order chi connectivity index (χ0) is 22.1. The fourth-order valence-electron chi connectivity index (χ4n) is 3.13. The van der Waals surface area contributed by atoms with Crippen LogP contribution in [0.25, 0.3) is 22.4 Å². The normalized spacial score (nSPS) is 11.5. The molecule has 1 amide bonds. The van der Waals surface area contributed by atoms with Crippen LogP contribution in [-0.4, -0.2) is 32.4 Å². The number of hydrogen-bond acceptors (Lipinski definition) is 6. The summed E-state index contributed by atoms with van der Waals surface area (Å²) in [5, 5.41) is 11.5. The number of nitrogens with one attached hydrogen (secondary N) is 1. The van der Waals surface area contributed by atoms with Crippen molar-refractivity contribution in [1.82, 2.24) is 19.9 Å². The van der Waals surface area contributed by atoms with Gasteiger partial charge in [0.15, 0.2) is 5.82 Å². The van der Waals surface area contributed by atoms with Crippen LogP contribution < -0.4 is 10.1 Å². The van der Waals surface area contributed by atoms with E-state index >= 15 is 0 Å². The molecule has 0 aliphatic carbocycles. The number of benzene rings is 1. The van der Waals surface area contributed by atoms with Gasteiger partial charge in [-0.05, 0) is 39.0 Å². The van der Waals surface area contributed by atoms with E-state index in [4.69, 9.17) is 4.52 Å². The summed E-state index contributed by atoms with van der Waals surface area (Å²) >= 11 is 0. The third-order valence-electron chi connectivity index (χ3n) is 4.60. The molecule has 1 N–H and O–H groups in total. The third kappa shape index (κ3) is 4.23. The van der Waals surface area contributed by atoms with Crippen molar-refractivity contribution in [2.24, 2.45) is 0 Å². The van der Waals surface area contributed by atoms with E-state index in [1.54, 1.807) is 42.1 Å². The molecule has 8 nitrogen and oxygen atoms in total. The van der Waals surface area contributed by atoms with Crippen molar-refractivity contribution in [3.63, 3.8) is 0 Å². The number of aryl methyl sites for hydroxylation is 1. The van der Waals surface area contributed by atoms with Crippen molar-refractivity contribution in [2.75, 3.05) is 5.32 Å². The monoisotopic (exact) mass is 427 g/mol. The Kier molecular flexibility index (Phi) is 5.37. The lowest BCUT2D eigenvalue weighted by molar-refractivity contribution is -0.0498. The first-order chi connectivity index (χ1) is 14.8. The molecule has 3 heterocycles. The fraction of sp³-hybridized carbons (Fsp3) is 0.238. The molecule has 0 saturated carbocycles. The lowest BCUT2D eigenvalue weighted by Crippen LogP contribution is -2.14. The number of carbonyl (C=O) groups is 1. The Bertz CT molecular complexity index is 1250. The fourth-order valence-corrected chi connectivity index (χ4v) is 3.13. The van der Waals surface area contributed by atoms with Crippen LogP contribution in [0.3, 0.4) is 0 Å². The van der Waals surface area contributed by atoms with E-state index in [0.717, 1.165) is 0 Å². The van der Waals surface area contributed by atoms with E-state index in [9.17, 15) is 13.6 Å². The Balaban J connectivity index is 1.74. The summed E-state index contributed by atoms with van der Waals surface area (Å²) in [6.07, 6.45) is 1.77. The first-order valence-corrected chi connectivity index (χ1v) is 9.50. The van der Waals surface area contributed by atoms with Crippen molar-refractivity contribution in [3.8, 4) is 17.0 Å². The molecule has 160 valence electrons. The highest BCUT2D eigenvalue weighted by Gasteiger charge is 2.20. The maximum Gasteiger partial charge on any atom is 0.387 e. The quantitative estimate of drug-likeness (QED) is 0.474. The number of anilines is 1. The summed E-state index contributed by atoms with van der Waals surface area (Å²) in [4.78, 5) is 17.5. The molecule has 0 radical (unpaired) electrons. The summed E-state index contributed by atoms with van der Waals surface area (Å²) < 4.78 is 36.6. The van der Waals surface area contributed by atoms with Crippen molar-refractivity contribution in [1.29, 1.82) is 0 Å². The molecule has 4 aromatic rings. The summed E-state index contributed by atoms with van der Waals surface area (Å²) in [7, 11) is 0. The zero-order valence-corrected chi connectivity index (χ0v) is 17.0. The number of hydrogen-bond donors (Lipinski definition) is 1. The molecule has 0 aliphatic heterocycles. The summed E-state index contributed by atoms with van der Waals surface area (Å²) in [5.74, 6) is -0.0473. The average Bonchev–Trinajstić information content (AvgIpc) is 3.34. The lowest BCUT2D eigenvalue weighted by atomic mass is 10.0. The van der Waals surface area contributed by atoms with Crippen LogP contribution in [0, 0.1) is 6.92 Å². The first-order valence-electron chi connectivity index (χ1n) is 9.50. The Morgan fingerprint density at radius 1 is 1.23 bits per heavy atom. The van der Waals surface area contributed by atoms with E-state index in [2.05, 4.69) is 25.3 Å². The van der Waals surface area contributed by atoms with Crippen LogP contribution in [0.4, 0.5) is 14.6 Å². The van der Waals surface area contributed by atoms with Gasteiger partial charge in [0, 0.05) is 23.9 Å². The predicted octanol–water partition coefficient (Wildman–Crippen LogP) is 4.83. The largest absolute Gasteiger partial charge is 0.435 e.